The Morgan fingerprint density at radius 3 is 2.58 bits per heavy atom. The lowest BCUT2D eigenvalue weighted by atomic mass is 10.1. The number of amides is 1. The molecule has 0 aliphatic carbocycles. The Hall–Kier alpha value is -4.44. The zero-order chi connectivity index (χ0) is 28.9. The van der Waals surface area contributed by atoms with E-state index in [2.05, 4.69) is 56.6 Å². The number of hydrogen-bond acceptors (Lipinski definition) is 9. The Morgan fingerprint density at radius 1 is 1.07 bits per heavy atom. The smallest absolute Gasteiger partial charge is 0.247 e. The molecule has 1 aromatic heterocycles. The molecule has 5 N–H and O–H groups in total. The number of anilines is 5. The largest absolute Gasteiger partial charge is 0.494 e. The molecule has 10 nitrogen and oxygen atoms in total. The molecule has 3 rings (SSSR count). The number of benzene rings is 2. The Kier molecular flexibility index (Phi) is 11.5. The number of ether oxygens (including phenoxy) is 1. The van der Waals surface area contributed by atoms with Crippen LogP contribution in [0.1, 0.15) is 32.3 Å². The number of carbonyl (C=O) groups is 1. The van der Waals surface area contributed by atoms with Gasteiger partial charge in [0.2, 0.25) is 5.91 Å². The van der Waals surface area contributed by atoms with E-state index >= 15 is 0 Å². The number of nitrogens with one attached hydrogen (secondary N) is 5. The highest BCUT2D eigenvalue weighted by molar-refractivity contribution is 6.02. The van der Waals surface area contributed by atoms with Crippen molar-refractivity contribution >= 4 is 40.7 Å². The molecular formula is C30H40N8O2. The van der Waals surface area contributed by atoms with Crippen molar-refractivity contribution in [2.24, 2.45) is 0 Å². The van der Waals surface area contributed by atoms with Gasteiger partial charge in [-0.1, -0.05) is 32.9 Å². The molecule has 0 fully saturated rings. The molecule has 0 spiro atoms. The maximum absolute atomic E-state index is 12.2. The molecule has 0 radical (unpaired) electrons. The van der Waals surface area contributed by atoms with E-state index in [4.69, 9.17) is 10.1 Å². The van der Waals surface area contributed by atoms with Crippen LogP contribution in [0.2, 0.25) is 0 Å². The molecule has 1 amide bonds. The molecule has 0 aliphatic rings. The molecule has 0 saturated heterocycles. The normalized spacial score (nSPS) is 10.6. The van der Waals surface area contributed by atoms with Crippen molar-refractivity contribution in [3.05, 3.63) is 60.9 Å². The molecule has 0 unspecified atom stereocenters. The van der Waals surface area contributed by atoms with E-state index in [0.717, 1.165) is 48.6 Å². The van der Waals surface area contributed by atoms with Crippen LogP contribution in [0.4, 0.5) is 28.6 Å². The van der Waals surface area contributed by atoms with Crippen molar-refractivity contribution in [2.45, 2.75) is 26.7 Å². The van der Waals surface area contributed by atoms with Crippen molar-refractivity contribution in [3.8, 4) is 17.0 Å². The highest BCUT2D eigenvalue weighted by Crippen LogP contribution is 2.37. The quantitative estimate of drug-likeness (QED) is 0.117. The Balaban J connectivity index is 1.88. The first-order valence-electron chi connectivity index (χ1n) is 13.5. The fraction of sp³-hybridized carbons (Fsp3) is 0.333. The van der Waals surface area contributed by atoms with Gasteiger partial charge in [-0.05, 0) is 43.8 Å². The topological polar surface area (TPSA) is 127 Å². The van der Waals surface area contributed by atoms with E-state index in [0.29, 0.717) is 35.2 Å². The third-order valence-corrected chi connectivity index (χ3v) is 6.50. The van der Waals surface area contributed by atoms with Gasteiger partial charge >= 0.3 is 0 Å². The summed E-state index contributed by atoms with van der Waals surface area (Å²) in [5, 5.41) is 20.5. The first-order valence-corrected chi connectivity index (χ1v) is 13.5. The summed E-state index contributed by atoms with van der Waals surface area (Å²) in [6, 6.07) is 11.3. The molecule has 3 aromatic rings. The van der Waals surface area contributed by atoms with Crippen LogP contribution in [0.3, 0.4) is 0 Å². The van der Waals surface area contributed by atoms with E-state index in [9.17, 15) is 4.79 Å². The van der Waals surface area contributed by atoms with Gasteiger partial charge in [-0.15, -0.1) is 0 Å². The van der Waals surface area contributed by atoms with Crippen LogP contribution in [0, 0.1) is 5.41 Å². The number of hydrogen-bond donors (Lipinski definition) is 5. The van der Waals surface area contributed by atoms with Gasteiger partial charge in [0.1, 0.15) is 17.9 Å². The zero-order valence-electron chi connectivity index (χ0n) is 23.8. The third kappa shape index (κ3) is 8.03. The number of methoxy groups -OCH3 is 1. The van der Waals surface area contributed by atoms with Gasteiger partial charge in [0.05, 0.1) is 29.9 Å². The number of carbonyl (C=O) groups excluding carboxylic acids is 1. The van der Waals surface area contributed by atoms with E-state index in [1.165, 1.54) is 25.0 Å². The summed E-state index contributed by atoms with van der Waals surface area (Å²) in [4.78, 5) is 23.4. The molecule has 10 heteroatoms. The maximum Gasteiger partial charge on any atom is 0.247 e. The maximum atomic E-state index is 12.2. The second-order valence-corrected chi connectivity index (χ2v) is 9.12. The minimum atomic E-state index is -0.311. The Bertz CT molecular complexity index is 1310. The van der Waals surface area contributed by atoms with Gasteiger partial charge in [0, 0.05) is 55.3 Å². The lowest BCUT2D eigenvalue weighted by Gasteiger charge is -2.22. The summed E-state index contributed by atoms with van der Waals surface area (Å²) in [6.45, 7) is 11.6. The van der Waals surface area contributed by atoms with Crippen LogP contribution in [0.15, 0.2) is 55.4 Å². The van der Waals surface area contributed by atoms with Crippen LogP contribution in [-0.4, -0.2) is 67.3 Å². The third-order valence-electron chi connectivity index (χ3n) is 6.50. The second-order valence-electron chi connectivity index (χ2n) is 9.12. The predicted molar refractivity (Wildman–Crippen MR) is 166 cm³/mol. The summed E-state index contributed by atoms with van der Waals surface area (Å²) in [5.74, 6) is 0.823. The zero-order valence-corrected chi connectivity index (χ0v) is 23.8. The summed E-state index contributed by atoms with van der Waals surface area (Å²) >= 11 is 0. The number of likely N-dealkylation sites (N-methyl/N-ethyl adjacent to an activating group) is 1. The summed E-state index contributed by atoms with van der Waals surface area (Å²) in [5.41, 5.74) is 5.14. The molecule has 40 heavy (non-hydrogen) atoms. The van der Waals surface area contributed by atoms with Gasteiger partial charge in [-0.3, -0.25) is 4.79 Å². The van der Waals surface area contributed by atoms with Crippen molar-refractivity contribution in [2.75, 3.05) is 61.6 Å². The molecular weight excluding hydrogens is 504 g/mol. The number of nitrogens with zero attached hydrogens (tertiary/aromatic N) is 3. The first kappa shape index (κ1) is 30.1. The average molecular weight is 545 g/mol. The molecule has 212 valence electrons. The fourth-order valence-electron chi connectivity index (χ4n) is 4.23. The second kappa shape index (κ2) is 15.2. The van der Waals surface area contributed by atoms with Gasteiger partial charge in [-0.25, -0.2) is 9.97 Å². The van der Waals surface area contributed by atoms with Crippen LogP contribution in [0.25, 0.3) is 11.3 Å². The van der Waals surface area contributed by atoms with Crippen LogP contribution in [-0.2, 0) is 4.79 Å². The standard InChI is InChI=1S/C30H40N8O2/c1-6-9-13-38(8-3)14-12-33-25-17-28(40-5)27(16-26(25)37-30(39)7-2)36-29-18-24(34-20-35-29)21-10-11-23(32-4)22(15-21)19-31/h7,10-11,15-20,31-33H,2,6,8-9,12-14H2,1,3-5H3,(H,37,39)(H,34,35,36). The van der Waals surface area contributed by atoms with Crippen molar-refractivity contribution < 1.29 is 9.53 Å². The Labute approximate surface area is 236 Å². The van der Waals surface area contributed by atoms with Crippen LogP contribution in [0.5, 0.6) is 5.75 Å². The summed E-state index contributed by atoms with van der Waals surface area (Å²) in [7, 11) is 3.42. The summed E-state index contributed by atoms with van der Waals surface area (Å²) in [6.07, 6.45) is 6.35. The lowest BCUT2D eigenvalue weighted by Crippen LogP contribution is -2.30. The van der Waals surface area contributed by atoms with Gasteiger partial charge in [0.15, 0.2) is 0 Å². The highest BCUT2D eigenvalue weighted by Gasteiger charge is 2.14. The monoisotopic (exact) mass is 544 g/mol. The number of unbranched alkanes of at least 4 members (excludes halogenated alkanes) is 1. The number of aromatic nitrogens is 2. The molecule has 0 atom stereocenters. The van der Waals surface area contributed by atoms with Gasteiger partial charge < -0.3 is 36.3 Å². The van der Waals surface area contributed by atoms with E-state index in [1.807, 2.05) is 43.4 Å². The van der Waals surface area contributed by atoms with E-state index in [-0.39, 0.29) is 5.91 Å². The molecule has 2 aromatic carbocycles. The van der Waals surface area contributed by atoms with Gasteiger partial charge in [-0.2, -0.15) is 0 Å². The molecule has 0 saturated carbocycles. The molecule has 0 aliphatic heterocycles. The van der Waals surface area contributed by atoms with Crippen molar-refractivity contribution in [1.29, 1.82) is 5.41 Å². The summed E-state index contributed by atoms with van der Waals surface area (Å²) < 4.78 is 5.70. The first-order chi connectivity index (χ1) is 19.5. The van der Waals surface area contributed by atoms with E-state index < -0.39 is 0 Å². The SMILES string of the molecule is C=CC(=O)Nc1cc(Nc2cc(-c3ccc(NC)c(C=N)c3)ncn2)c(OC)cc1NCCN(CC)CCCC. The van der Waals surface area contributed by atoms with E-state index in [1.54, 1.807) is 7.11 Å². The van der Waals surface area contributed by atoms with Gasteiger partial charge in [0.25, 0.3) is 0 Å². The molecule has 0 bridgehead atoms. The minimum Gasteiger partial charge on any atom is -0.494 e. The molecule has 1 heterocycles. The van der Waals surface area contributed by atoms with Crippen molar-refractivity contribution in [3.63, 3.8) is 0 Å². The van der Waals surface area contributed by atoms with Crippen molar-refractivity contribution in [1.82, 2.24) is 14.9 Å². The lowest BCUT2D eigenvalue weighted by molar-refractivity contribution is -0.111. The highest BCUT2D eigenvalue weighted by atomic mass is 16.5. The fourth-order valence-corrected chi connectivity index (χ4v) is 4.23. The van der Waals surface area contributed by atoms with Crippen LogP contribution >= 0.6 is 0 Å². The minimum absolute atomic E-state index is 0.311. The average Bonchev–Trinajstić information content (AvgIpc) is 2.99. The number of rotatable bonds is 16. The Morgan fingerprint density at radius 2 is 1.90 bits per heavy atom. The predicted octanol–water partition coefficient (Wildman–Crippen LogP) is 5.59. The van der Waals surface area contributed by atoms with Crippen LogP contribution < -0.4 is 26.0 Å².